The number of nitrogens with one attached hydrogen (secondary N) is 2. The first-order valence-electron chi connectivity index (χ1n) is 10.4. The molecule has 6 heteroatoms. The number of nitrogens with zero attached hydrogens (tertiary/aromatic N) is 2. The maximum Gasteiger partial charge on any atom is 0.223 e. The van der Waals surface area contributed by atoms with Crippen molar-refractivity contribution in [3.8, 4) is 26.8 Å². The second-order valence-corrected chi connectivity index (χ2v) is 10.4. The van der Waals surface area contributed by atoms with Gasteiger partial charge in [-0.2, -0.15) is 0 Å². The van der Waals surface area contributed by atoms with Gasteiger partial charge in [-0.1, -0.05) is 12.1 Å². The molecule has 1 aliphatic rings. The van der Waals surface area contributed by atoms with Crippen LogP contribution < -0.4 is 15.4 Å². The maximum absolute atomic E-state index is 5.52. The van der Waals surface area contributed by atoms with Gasteiger partial charge in [-0.3, -0.25) is 0 Å². The summed E-state index contributed by atoms with van der Waals surface area (Å²) in [5.41, 5.74) is 2.19. The number of aromatic nitrogens is 2. The van der Waals surface area contributed by atoms with E-state index >= 15 is 0 Å². The van der Waals surface area contributed by atoms with Crippen molar-refractivity contribution >= 4 is 17.3 Å². The summed E-state index contributed by atoms with van der Waals surface area (Å²) in [6, 6.07) is 14.7. The Kier molecular flexibility index (Phi) is 5.55. The lowest BCUT2D eigenvalue weighted by molar-refractivity contribution is 0.170. The zero-order valence-electron chi connectivity index (χ0n) is 18.3. The number of piperidine rings is 1. The highest BCUT2D eigenvalue weighted by atomic mass is 32.1. The van der Waals surface area contributed by atoms with Crippen molar-refractivity contribution in [2.45, 2.75) is 57.7 Å². The van der Waals surface area contributed by atoms with E-state index in [9.17, 15) is 0 Å². The number of ether oxygens (including phenoxy) is 1. The van der Waals surface area contributed by atoms with Gasteiger partial charge >= 0.3 is 0 Å². The highest BCUT2D eigenvalue weighted by Gasteiger charge is 2.37. The average molecular weight is 423 g/mol. The molecule has 0 spiro atoms. The molecular weight excluding hydrogens is 392 g/mol. The lowest BCUT2D eigenvalue weighted by Gasteiger charge is -2.46. The van der Waals surface area contributed by atoms with Crippen molar-refractivity contribution in [2.24, 2.45) is 0 Å². The summed E-state index contributed by atoms with van der Waals surface area (Å²) in [5.74, 6) is 1.57. The fourth-order valence-electron chi connectivity index (χ4n) is 4.64. The van der Waals surface area contributed by atoms with Crippen molar-refractivity contribution in [1.82, 2.24) is 15.3 Å². The number of para-hydroxylation sites is 1. The van der Waals surface area contributed by atoms with Crippen molar-refractivity contribution in [3.05, 3.63) is 48.7 Å². The predicted octanol–water partition coefficient (Wildman–Crippen LogP) is 5.60. The molecule has 0 unspecified atom stereocenters. The standard InChI is InChI=1S/C24H30N4OS/c1-23(2)14-16(15-24(3,4)28-23)26-22-25-13-12-18(27-22)21-11-10-20(30-21)17-8-6-7-9-19(17)29-5/h6-13,16,28H,14-15H2,1-5H3,(H,25,26,27). The molecule has 0 aliphatic carbocycles. The molecule has 1 saturated heterocycles. The van der Waals surface area contributed by atoms with Gasteiger partial charge in [0.1, 0.15) is 5.75 Å². The zero-order valence-corrected chi connectivity index (χ0v) is 19.1. The molecule has 2 aromatic heterocycles. The molecule has 1 aliphatic heterocycles. The topological polar surface area (TPSA) is 59.1 Å². The van der Waals surface area contributed by atoms with Gasteiger partial charge in [-0.05, 0) is 70.9 Å². The molecule has 0 amide bonds. The fraction of sp³-hybridized carbons (Fsp3) is 0.417. The fourth-order valence-corrected chi connectivity index (χ4v) is 5.65. The Bertz CT molecular complexity index is 1010. The van der Waals surface area contributed by atoms with Gasteiger partial charge in [-0.25, -0.2) is 9.97 Å². The van der Waals surface area contributed by atoms with Gasteiger partial charge in [0.25, 0.3) is 0 Å². The lowest BCUT2D eigenvalue weighted by Crippen LogP contribution is -2.60. The van der Waals surface area contributed by atoms with E-state index in [-0.39, 0.29) is 11.1 Å². The van der Waals surface area contributed by atoms with Gasteiger partial charge in [-0.15, -0.1) is 11.3 Å². The Hall–Kier alpha value is -2.44. The molecule has 2 N–H and O–H groups in total. The Balaban J connectivity index is 1.55. The third-order valence-electron chi connectivity index (χ3n) is 5.41. The van der Waals surface area contributed by atoms with E-state index in [2.05, 4.69) is 61.5 Å². The largest absolute Gasteiger partial charge is 0.496 e. The van der Waals surface area contributed by atoms with Crippen LogP contribution in [0.15, 0.2) is 48.7 Å². The third-order valence-corrected chi connectivity index (χ3v) is 6.55. The summed E-state index contributed by atoms with van der Waals surface area (Å²) < 4.78 is 5.52. The second-order valence-electron chi connectivity index (χ2n) is 9.27. The predicted molar refractivity (Wildman–Crippen MR) is 125 cm³/mol. The van der Waals surface area contributed by atoms with Crippen LogP contribution in [0.25, 0.3) is 21.0 Å². The van der Waals surface area contributed by atoms with Crippen LogP contribution in [0.5, 0.6) is 5.75 Å². The number of benzene rings is 1. The molecule has 3 aromatic rings. The molecule has 0 radical (unpaired) electrons. The molecule has 0 bridgehead atoms. The number of anilines is 1. The Morgan fingerprint density at radius 3 is 2.43 bits per heavy atom. The number of rotatable bonds is 5. The Morgan fingerprint density at radius 2 is 1.70 bits per heavy atom. The number of hydrogen-bond donors (Lipinski definition) is 2. The molecule has 1 fully saturated rings. The first-order valence-corrected chi connectivity index (χ1v) is 11.2. The summed E-state index contributed by atoms with van der Waals surface area (Å²) in [5, 5.41) is 7.30. The SMILES string of the molecule is COc1ccccc1-c1ccc(-c2ccnc(NC3CC(C)(C)NC(C)(C)C3)n2)s1. The van der Waals surface area contributed by atoms with E-state index in [0.29, 0.717) is 12.0 Å². The van der Waals surface area contributed by atoms with Crippen LogP contribution in [-0.2, 0) is 0 Å². The molecule has 5 nitrogen and oxygen atoms in total. The zero-order chi connectivity index (χ0) is 21.4. The minimum Gasteiger partial charge on any atom is -0.496 e. The van der Waals surface area contributed by atoms with E-state index in [4.69, 9.17) is 9.72 Å². The Morgan fingerprint density at radius 1 is 1.00 bits per heavy atom. The highest BCUT2D eigenvalue weighted by molar-refractivity contribution is 7.18. The molecule has 3 heterocycles. The minimum absolute atomic E-state index is 0.0778. The van der Waals surface area contributed by atoms with Crippen LogP contribution >= 0.6 is 11.3 Å². The van der Waals surface area contributed by atoms with E-state index in [0.717, 1.165) is 39.6 Å². The smallest absolute Gasteiger partial charge is 0.223 e. The molecule has 1 aromatic carbocycles. The molecule has 30 heavy (non-hydrogen) atoms. The van der Waals surface area contributed by atoms with Gasteiger partial charge in [0.05, 0.1) is 17.7 Å². The second kappa shape index (κ2) is 8.00. The van der Waals surface area contributed by atoms with Crippen LogP contribution in [0.4, 0.5) is 5.95 Å². The molecule has 0 saturated carbocycles. The first-order chi connectivity index (χ1) is 14.2. The molecule has 0 atom stereocenters. The van der Waals surface area contributed by atoms with Gasteiger partial charge in [0, 0.05) is 33.8 Å². The lowest BCUT2D eigenvalue weighted by atomic mass is 9.80. The number of hydrogen-bond acceptors (Lipinski definition) is 6. The van der Waals surface area contributed by atoms with Crippen LogP contribution in [0.3, 0.4) is 0 Å². The van der Waals surface area contributed by atoms with Crippen LogP contribution in [0.1, 0.15) is 40.5 Å². The first kappa shape index (κ1) is 20.8. The van der Waals surface area contributed by atoms with Crippen LogP contribution in [0.2, 0.25) is 0 Å². The maximum atomic E-state index is 5.52. The highest BCUT2D eigenvalue weighted by Crippen LogP contribution is 2.38. The number of methoxy groups -OCH3 is 1. The quantitative estimate of drug-likeness (QED) is 0.560. The summed E-state index contributed by atoms with van der Waals surface area (Å²) in [6.45, 7) is 9.02. The molecule has 158 valence electrons. The van der Waals surface area contributed by atoms with Gasteiger partial charge in [0.2, 0.25) is 5.95 Å². The van der Waals surface area contributed by atoms with E-state index < -0.39 is 0 Å². The van der Waals surface area contributed by atoms with Gasteiger partial charge < -0.3 is 15.4 Å². The van der Waals surface area contributed by atoms with Crippen molar-refractivity contribution in [2.75, 3.05) is 12.4 Å². The molecular formula is C24H30N4OS. The summed E-state index contributed by atoms with van der Waals surface area (Å²) in [4.78, 5) is 11.6. The average Bonchev–Trinajstić information content (AvgIpc) is 3.15. The minimum atomic E-state index is 0.0778. The summed E-state index contributed by atoms with van der Waals surface area (Å²) in [7, 11) is 1.71. The van der Waals surface area contributed by atoms with E-state index in [1.54, 1.807) is 18.4 Å². The van der Waals surface area contributed by atoms with E-state index in [1.807, 2.05) is 30.5 Å². The van der Waals surface area contributed by atoms with Crippen molar-refractivity contribution in [1.29, 1.82) is 0 Å². The summed E-state index contributed by atoms with van der Waals surface area (Å²) >= 11 is 1.71. The molecule has 4 rings (SSSR count). The normalized spacial score (nSPS) is 18.2. The third kappa shape index (κ3) is 4.65. The van der Waals surface area contributed by atoms with Crippen LogP contribution in [0, 0.1) is 0 Å². The van der Waals surface area contributed by atoms with Crippen LogP contribution in [-0.4, -0.2) is 34.2 Å². The number of thiophene rings is 1. The summed E-state index contributed by atoms with van der Waals surface area (Å²) in [6.07, 6.45) is 3.90. The van der Waals surface area contributed by atoms with Crippen molar-refractivity contribution < 1.29 is 4.74 Å². The van der Waals surface area contributed by atoms with Gasteiger partial charge in [0.15, 0.2) is 0 Å². The Labute approximate surface area is 182 Å². The van der Waals surface area contributed by atoms with Crippen molar-refractivity contribution in [3.63, 3.8) is 0 Å². The van der Waals surface area contributed by atoms with E-state index in [1.165, 1.54) is 0 Å². The monoisotopic (exact) mass is 422 g/mol.